The molecule has 0 bridgehead atoms. The van der Waals surface area contributed by atoms with Gasteiger partial charge in [-0.05, 0) is 37.8 Å². The van der Waals surface area contributed by atoms with Crippen molar-refractivity contribution in [2.45, 2.75) is 13.8 Å². The van der Waals surface area contributed by atoms with E-state index in [-0.39, 0.29) is 5.97 Å². The third kappa shape index (κ3) is 5.09. The van der Waals surface area contributed by atoms with Crippen LogP contribution in [0.4, 0.5) is 0 Å². The van der Waals surface area contributed by atoms with Crippen LogP contribution in [0.1, 0.15) is 13.8 Å². The second-order valence-electron chi connectivity index (χ2n) is 2.72. The zero-order valence-electron chi connectivity index (χ0n) is 8.78. The Labute approximate surface area is 84.5 Å². The van der Waals surface area contributed by atoms with E-state index in [9.17, 15) is 4.79 Å². The number of hydrogen-bond donors (Lipinski definition) is 0. The predicted octanol–water partition coefficient (Wildman–Crippen LogP) is 2.27. The van der Waals surface area contributed by atoms with Crippen LogP contribution in [0.25, 0.3) is 0 Å². The van der Waals surface area contributed by atoms with Gasteiger partial charge >= 0.3 is 5.97 Å². The van der Waals surface area contributed by atoms with Crippen molar-refractivity contribution in [1.29, 1.82) is 0 Å². The van der Waals surface area contributed by atoms with Gasteiger partial charge in [0.1, 0.15) is 0 Å². The van der Waals surface area contributed by atoms with Crippen molar-refractivity contribution < 1.29 is 9.53 Å². The summed E-state index contributed by atoms with van der Waals surface area (Å²) in [5.41, 5.74) is 1.85. The molecule has 0 atom stereocenters. The van der Waals surface area contributed by atoms with Crippen molar-refractivity contribution in [3.63, 3.8) is 0 Å². The monoisotopic (exact) mass is 193 g/mol. The molecule has 0 aromatic rings. The van der Waals surface area contributed by atoms with Crippen LogP contribution in [0.15, 0.2) is 40.6 Å². The topological polar surface area (TPSA) is 38.7 Å². The molecule has 3 heteroatoms. The fraction of sp³-hybridized carbons (Fsp3) is 0.273. The molecule has 0 saturated heterocycles. The number of hydrogen-bond acceptors (Lipinski definition) is 3. The highest BCUT2D eigenvalue weighted by molar-refractivity contribution is 5.83. The van der Waals surface area contributed by atoms with Crippen LogP contribution in [-0.2, 0) is 9.53 Å². The minimum atomic E-state index is -0.346. The van der Waals surface area contributed by atoms with Gasteiger partial charge in [0.05, 0.1) is 7.11 Å². The highest BCUT2D eigenvalue weighted by Gasteiger charge is 1.97. The Morgan fingerprint density at radius 3 is 2.50 bits per heavy atom. The summed E-state index contributed by atoms with van der Waals surface area (Å²) in [5.74, 6) is -0.346. The fourth-order valence-electron chi connectivity index (χ4n) is 0.729. The molecule has 76 valence electrons. The normalized spacial score (nSPS) is 13.1. The fourth-order valence-corrected chi connectivity index (χ4v) is 0.729. The lowest BCUT2D eigenvalue weighted by Crippen LogP contribution is -1.96. The summed E-state index contributed by atoms with van der Waals surface area (Å²) < 4.78 is 4.51. The summed E-state index contributed by atoms with van der Waals surface area (Å²) >= 11 is 0. The maximum Gasteiger partial charge on any atom is 0.330 e. The summed E-state index contributed by atoms with van der Waals surface area (Å²) in [5, 5.41) is 0. The standard InChI is InChI=1S/C11H15NO2/c1-9(6-5-7-12-3)10(2)8-11(13)14-4/h5-8H,3H2,1-2,4H3. The first-order chi connectivity index (χ1) is 6.61. The van der Waals surface area contributed by atoms with Crippen molar-refractivity contribution in [1.82, 2.24) is 0 Å². The van der Waals surface area contributed by atoms with E-state index >= 15 is 0 Å². The van der Waals surface area contributed by atoms with Crippen LogP contribution in [0, 0.1) is 0 Å². The van der Waals surface area contributed by atoms with Gasteiger partial charge in [-0.15, -0.1) is 0 Å². The summed E-state index contributed by atoms with van der Waals surface area (Å²) in [7, 11) is 1.35. The lowest BCUT2D eigenvalue weighted by molar-refractivity contribution is -0.134. The molecule has 0 amide bonds. The van der Waals surface area contributed by atoms with Crippen LogP contribution in [0.2, 0.25) is 0 Å². The first-order valence-corrected chi connectivity index (χ1v) is 4.17. The second-order valence-corrected chi connectivity index (χ2v) is 2.72. The maximum atomic E-state index is 10.9. The SMILES string of the molecule is C=NC=CC=C(C)C(C)=CC(=O)OC. The smallest absolute Gasteiger partial charge is 0.330 e. The Morgan fingerprint density at radius 1 is 1.36 bits per heavy atom. The molecule has 0 aromatic carbocycles. The van der Waals surface area contributed by atoms with E-state index < -0.39 is 0 Å². The number of ether oxygens (including phenoxy) is 1. The molecule has 0 rings (SSSR count). The molecule has 0 saturated carbocycles. The summed E-state index contributed by atoms with van der Waals surface area (Å²) in [6.45, 7) is 7.06. The first-order valence-electron chi connectivity index (χ1n) is 4.17. The van der Waals surface area contributed by atoms with Gasteiger partial charge in [-0.1, -0.05) is 6.08 Å². The molecule has 0 aromatic heterocycles. The van der Waals surface area contributed by atoms with Gasteiger partial charge in [-0.2, -0.15) is 0 Å². The van der Waals surface area contributed by atoms with Gasteiger partial charge in [-0.3, -0.25) is 4.99 Å². The molecule has 0 radical (unpaired) electrons. The van der Waals surface area contributed by atoms with E-state index in [1.165, 1.54) is 13.2 Å². The van der Waals surface area contributed by atoms with Crippen molar-refractivity contribution in [3.05, 3.63) is 35.6 Å². The Morgan fingerprint density at radius 2 is 2.00 bits per heavy atom. The highest BCUT2D eigenvalue weighted by Crippen LogP contribution is 2.08. The quantitative estimate of drug-likeness (QED) is 0.297. The van der Waals surface area contributed by atoms with E-state index in [0.29, 0.717) is 0 Å². The predicted molar refractivity (Wildman–Crippen MR) is 58.2 cm³/mol. The minimum absolute atomic E-state index is 0.346. The molecule has 0 unspecified atom stereocenters. The molecule has 0 spiro atoms. The van der Waals surface area contributed by atoms with E-state index in [0.717, 1.165) is 11.1 Å². The van der Waals surface area contributed by atoms with Crippen LogP contribution >= 0.6 is 0 Å². The van der Waals surface area contributed by atoms with Crippen LogP contribution in [0.3, 0.4) is 0 Å². The van der Waals surface area contributed by atoms with E-state index in [4.69, 9.17) is 0 Å². The van der Waals surface area contributed by atoms with Gasteiger partial charge < -0.3 is 4.74 Å². The van der Waals surface area contributed by atoms with Gasteiger partial charge in [0.15, 0.2) is 0 Å². The summed E-state index contributed by atoms with van der Waals surface area (Å²) in [4.78, 5) is 14.4. The van der Waals surface area contributed by atoms with Crippen molar-refractivity contribution in [2.75, 3.05) is 7.11 Å². The molecule has 0 heterocycles. The number of rotatable bonds is 4. The molecule has 14 heavy (non-hydrogen) atoms. The minimum Gasteiger partial charge on any atom is -0.466 e. The van der Waals surface area contributed by atoms with Crippen molar-refractivity contribution in [3.8, 4) is 0 Å². The second kappa shape index (κ2) is 6.83. The maximum absolute atomic E-state index is 10.9. The molecule has 0 N–H and O–H groups in total. The van der Waals surface area contributed by atoms with Crippen LogP contribution in [-0.4, -0.2) is 19.8 Å². The molecule has 0 aliphatic rings. The number of carbonyl (C=O) groups is 1. The number of nitrogens with zero attached hydrogens (tertiary/aromatic N) is 1. The summed E-state index contributed by atoms with van der Waals surface area (Å²) in [6.07, 6.45) is 6.64. The van der Waals surface area contributed by atoms with Crippen molar-refractivity contribution in [2.24, 2.45) is 4.99 Å². The molecule has 0 aliphatic carbocycles. The Balaban J connectivity index is 4.52. The number of carbonyl (C=O) groups excluding carboxylic acids is 1. The average molecular weight is 193 g/mol. The molecular formula is C11H15NO2. The number of aliphatic imine (C=N–C) groups is 1. The average Bonchev–Trinajstić information content (AvgIpc) is 2.17. The van der Waals surface area contributed by atoms with E-state index in [1.54, 1.807) is 12.3 Å². The zero-order chi connectivity index (χ0) is 11.0. The molecule has 0 fully saturated rings. The number of esters is 1. The molecular weight excluding hydrogens is 178 g/mol. The lowest BCUT2D eigenvalue weighted by atomic mass is 10.1. The third-order valence-corrected chi connectivity index (χ3v) is 1.70. The van der Waals surface area contributed by atoms with E-state index in [2.05, 4.69) is 16.4 Å². The van der Waals surface area contributed by atoms with Gasteiger partial charge in [0.2, 0.25) is 0 Å². The third-order valence-electron chi connectivity index (χ3n) is 1.70. The number of methoxy groups -OCH3 is 1. The largest absolute Gasteiger partial charge is 0.466 e. The van der Waals surface area contributed by atoms with E-state index in [1.807, 2.05) is 19.9 Å². The number of allylic oxidation sites excluding steroid dienone is 4. The highest BCUT2D eigenvalue weighted by atomic mass is 16.5. The van der Waals surface area contributed by atoms with Gasteiger partial charge in [-0.25, -0.2) is 4.79 Å². The summed E-state index contributed by atoms with van der Waals surface area (Å²) in [6, 6.07) is 0. The zero-order valence-corrected chi connectivity index (χ0v) is 8.78. The first kappa shape index (κ1) is 12.4. The molecule has 3 nitrogen and oxygen atoms in total. The Bertz CT molecular complexity index is 298. The Kier molecular flexibility index (Phi) is 6.03. The Hall–Kier alpha value is -1.64. The lowest BCUT2D eigenvalue weighted by Gasteiger charge is -1.98. The van der Waals surface area contributed by atoms with Gasteiger partial charge in [0.25, 0.3) is 0 Å². The van der Waals surface area contributed by atoms with Crippen molar-refractivity contribution >= 4 is 12.7 Å². The van der Waals surface area contributed by atoms with Gasteiger partial charge in [0, 0.05) is 12.3 Å². The van der Waals surface area contributed by atoms with Crippen LogP contribution in [0.5, 0.6) is 0 Å². The molecule has 0 aliphatic heterocycles. The van der Waals surface area contributed by atoms with Crippen LogP contribution < -0.4 is 0 Å².